The average molecular weight is 240 g/mol. The summed E-state index contributed by atoms with van der Waals surface area (Å²) in [6, 6.07) is 3.42. The first-order valence-electron chi connectivity index (χ1n) is 4.28. The lowest BCUT2D eigenvalue weighted by Crippen LogP contribution is -2.10. The van der Waals surface area contributed by atoms with E-state index in [1.807, 2.05) is 0 Å². The van der Waals surface area contributed by atoms with Crippen LogP contribution >= 0.6 is 11.3 Å². The Balaban J connectivity index is 2.42. The van der Waals surface area contributed by atoms with E-state index in [9.17, 15) is 13.6 Å². The summed E-state index contributed by atoms with van der Waals surface area (Å²) >= 11 is 1.06. The normalized spacial score (nSPS) is 10.4. The van der Waals surface area contributed by atoms with Crippen molar-refractivity contribution in [3.8, 4) is 11.3 Å². The predicted octanol–water partition coefficient (Wildman–Crippen LogP) is 2.19. The van der Waals surface area contributed by atoms with Gasteiger partial charge in [0.05, 0.1) is 5.69 Å². The molecule has 1 aromatic heterocycles. The Labute approximate surface area is 93.5 Å². The molecule has 0 spiro atoms. The second kappa shape index (κ2) is 3.97. The summed E-state index contributed by atoms with van der Waals surface area (Å²) < 4.78 is 25.6. The van der Waals surface area contributed by atoms with Crippen LogP contribution in [-0.2, 0) is 0 Å². The van der Waals surface area contributed by atoms with Gasteiger partial charge in [0.2, 0.25) is 0 Å². The molecule has 3 nitrogen and oxygen atoms in total. The summed E-state index contributed by atoms with van der Waals surface area (Å²) in [7, 11) is 0. The zero-order valence-electron chi connectivity index (χ0n) is 7.91. The number of amides is 1. The number of hydrogen-bond acceptors (Lipinski definition) is 3. The Bertz CT molecular complexity index is 554. The molecule has 6 heteroatoms. The van der Waals surface area contributed by atoms with Crippen molar-refractivity contribution in [1.82, 2.24) is 4.98 Å². The molecule has 82 valence electrons. The molecule has 0 fully saturated rings. The second-order valence-corrected chi connectivity index (χ2v) is 3.89. The predicted molar refractivity (Wildman–Crippen MR) is 56.0 cm³/mol. The van der Waals surface area contributed by atoms with Crippen LogP contribution in [0, 0.1) is 11.6 Å². The lowest BCUT2D eigenvalue weighted by molar-refractivity contribution is 0.1000. The Hall–Kier alpha value is -1.82. The Morgan fingerprint density at radius 3 is 2.62 bits per heavy atom. The summed E-state index contributed by atoms with van der Waals surface area (Å²) in [6.07, 6.45) is 0. The van der Waals surface area contributed by atoms with Crippen molar-refractivity contribution in [3.63, 3.8) is 0 Å². The maximum absolute atomic E-state index is 12.9. The molecular formula is C10H6F2N2OS. The maximum atomic E-state index is 12.9. The van der Waals surface area contributed by atoms with Gasteiger partial charge < -0.3 is 5.73 Å². The van der Waals surface area contributed by atoms with Crippen LogP contribution < -0.4 is 5.73 Å². The van der Waals surface area contributed by atoms with E-state index in [0.717, 1.165) is 23.5 Å². The summed E-state index contributed by atoms with van der Waals surface area (Å²) in [5, 5.41) is 1.70. The fourth-order valence-corrected chi connectivity index (χ4v) is 1.85. The highest BCUT2D eigenvalue weighted by Crippen LogP contribution is 2.23. The number of thiazole rings is 1. The van der Waals surface area contributed by atoms with Gasteiger partial charge >= 0.3 is 0 Å². The van der Waals surface area contributed by atoms with Crippen LogP contribution in [0.15, 0.2) is 23.6 Å². The van der Waals surface area contributed by atoms with Crippen LogP contribution in [-0.4, -0.2) is 10.9 Å². The number of hydrogen-bond donors (Lipinski definition) is 1. The summed E-state index contributed by atoms with van der Waals surface area (Å²) in [6.45, 7) is 0. The molecule has 1 amide bonds. The Kier molecular flexibility index (Phi) is 2.66. The zero-order chi connectivity index (χ0) is 11.7. The van der Waals surface area contributed by atoms with Gasteiger partial charge in [-0.25, -0.2) is 13.8 Å². The Morgan fingerprint density at radius 1 is 1.31 bits per heavy atom. The van der Waals surface area contributed by atoms with Crippen LogP contribution in [0.1, 0.15) is 9.80 Å². The number of aromatic nitrogens is 1. The Morgan fingerprint density at radius 2 is 2.06 bits per heavy atom. The smallest absolute Gasteiger partial charge is 0.277 e. The van der Waals surface area contributed by atoms with Crippen molar-refractivity contribution >= 4 is 17.2 Å². The fraction of sp³-hybridized carbons (Fsp3) is 0. The minimum atomic E-state index is -0.953. The van der Waals surface area contributed by atoms with E-state index in [1.165, 1.54) is 6.07 Å². The van der Waals surface area contributed by atoms with Gasteiger partial charge in [-0.2, -0.15) is 0 Å². The molecule has 0 bridgehead atoms. The molecule has 0 atom stereocenters. The highest BCUT2D eigenvalue weighted by Gasteiger charge is 2.10. The van der Waals surface area contributed by atoms with E-state index in [4.69, 9.17) is 5.73 Å². The maximum Gasteiger partial charge on any atom is 0.277 e. The molecule has 0 saturated carbocycles. The zero-order valence-corrected chi connectivity index (χ0v) is 8.72. The van der Waals surface area contributed by atoms with Crippen LogP contribution in [0.25, 0.3) is 11.3 Å². The molecule has 0 aliphatic heterocycles. The number of nitrogens with two attached hydrogens (primary N) is 1. The lowest BCUT2D eigenvalue weighted by atomic mass is 10.2. The van der Waals surface area contributed by atoms with Crippen molar-refractivity contribution in [2.45, 2.75) is 0 Å². The molecule has 1 heterocycles. The topological polar surface area (TPSA) is 56.0 Å². The molecule has 0 saturated heterocycles. The SMILES string of the molecule is NC(=O)c1nc(-c2ccc(F)c(F)c2)cs1. The van der Waals surface area contributed by atoms with E-state index in [2.05, 4.69) is 4.98 Å². The third-order valence-electron chi connectivity index (χ3n) is 1.93. The average Bonchev–Trinajstić information content (AvgIpc) is 2.71. The number of halogens is 2. The number of benzene rings is 1. The van der Waals surface area contributed by atoms with Crippen LogP contribution in [0.3, 0.4) is 0 Å². The largest absolute Gasteiger partial charge is 0.364 e. The van der Waals surface area contributed by atoms with E-state index in [1.54, 1.807) is 5.38 Å². The summed E-state index contributed by atoms with van der Waals surface area (Å²) in [4.78, 5) is 14.7. The highest BCUT2D eigenvalue weighted by molar-refractivity contribution is 7.12. The molecule has 0 radical (unpaired) electrons. The van der Waals surface area contributed by atoms with Crippen LogP contribution in [0.2, 0.25) is 0 Å². The van der Waals surface area contributed by atoms with Crippen LogP contribution in [0.4, 0.5) is 8.78 Å². The molecule has 2 N–H and O–H groups in total. The standard InChI is InChI=1S/C10H6F2N2OS/c11-6-2-1-5(3-7(6)12)8-4-16-10(14-8)9(13)15/h1-4H,(H2,13,15). The van der Waals surface area contributed by atoms with Gasteiger partial charge in [0, 0.05) is 10.9 Å². The summed E-state index contributed by atoms with van der Waals surface area (Å²) in [5.41, 5.74) is 5.84. The molecule has 0 aliphatic rings. The fourth-order valence-electron chi connectivity index (χ4n) is 1.17. The number of primary amides is 1. The minimum absolute atomic E-state index is 0.139. The van der Waals surface area contributed by atoms with Crippen molar-refractivity contribution in [2.24, 2.45) is 5.73 Å². The first-order chi connectivity index (χ1) is 7.58. The van der Waals surface area contributed by atoms with E-state index in [0.29, 0.717) is 11.3 Å². The molecule has 0 aliphatic carbocycles. The van der Waals surface area contributed by atoms with Crippen LogP contribution in [0.5, 0.6) is 0 Å². The number of rotatable bonds is 2. The van der Waals surface area contributed by atoms with Gasteiger partial charge in [-0.3, -0.25) is 4.79 Å². The van der Waals surface area contributed by atoms with Gasteiger partial charge in [0.15, 0.2) is 16.6 Å². The number of nitrogens with zero attached hydrogens (tertiary/aromatic N) is 1. The first kappa shape index (κ1) is 10.7. The van der Waals surface area contributed by atoms with Crippen molar-refractivity contribution in [2.75, 3.05) is 0 Å². The van der Waals surface area contributed by atoms with E-state index < -0.39 is 17.5 Å². The monoisotopic (exact) mass is 240 g/mol. The summed E-state index contributed by atoms with van der Waals surface area (Å²) in [5.74, 6) is -2.51. The molecule has 0 unspecified atom stereocenters. The van der Waals surface area contributed by atoms with Gasteiger partial charge in [-0.1, -0.05) is 0 Å². The van der Waals surface area contributed by atoms with Gasteiger partial charge in [-0.05, 0) is 18.2 Å². The molecular weight excluding hydrogens is 234 g/mol. The third kappa shape index (κ3) is 1.92. The molecule has 2 rings (SSSR count). The first-order valence-corrected chi connectivity index (χ1v) is 5.16. The van der Waals surface area contributed by atoms with Gasteiger partial charge in [0.25, 0.3) is 5.91 Å². The molecule has 2 aromatic rings. The van der Waals surface area contributed by atoms with E-state index >= 15 is 0 Å². The highest BCUT2D eigenvalue weighted by atomic mass is 32.1. The van der Waals surface area contributed by atoms with E-state index in [-0.39, 0.29) is 5.01 Å². The molecule has 1 aromatic carbocycles. The van der Waals surface area contributed by atoms with Crippen molar-refractivity contribution in [3.05, 3.63) is 40.2 Å². The number of carbonyl (C=O) groups excluding carboxylic acids is 1. The molecule has 16 heavy (non-hydrogen) atoms. The number of carbonyl (C=O) groups is 1. The quantitative estimate of drug-likeness (QED) is 0.874. The van der Waals surface area contributed by atoms with Gasteiger partial charge in [0.1, 0.15) is 0 Å². The third-order valence-corrected chi connectivity index (χ3v) is 2.79. The van der Waals surface area contributed by atoms with Crippen molar-refractivity contribution in [1.29, 1.82) is 0 Å². The second-order valence-electron chi connectivity index (χ2n) is 3.03. The lowest BCUT2D eigenvalue weighted by Gasteiger charge is -1.97. The minimum Gasteiger partial charge on any atom is -0.364 e. The van der Waals surface area contributed by atoms with Crippen molar-refractivity contribution < 1.29 is 13.6 Å². The van der Waals surface area contributed by atoms with Gasteiger partial charge in [-0.15, -0.1) is 11.3 Å².